The van der Waals surface area contributed by atoms with Gasteiger partial charge in [0, 0.05) is 23.6 Å². The van der Waals surface area contributed by atoms with Crippen molar-refractivity contribution >= 4 is 11.9 Å². The Morgan fingerprint density at radius 2 is 1.72 bits per heavy atom. The fourth-order valence-electron chi connectivity index (χ4n) is 7.16. The highest BCUT2D eigenvalue weighted by molar-refractivity contribution is 5.95. The zero-order chi connectivity index (χ0) is 27.3. The molecule has 3 aromatic rings. The molecule has 2 fully saturated rings. The van der Waals surface area contributed by atoms with Crippen molar-refractivity contribution in [3.63, 3.8) is 0 Å². The first-order chi connectivity index (χ1) is 18.8. The molecule has 0 spiro atoms. The number of hydrogen-bond donors (Lipinski definition) is 2. The van der Waals surface area contributed by atoms with Crippen molar-refractivity contribution < 1.29 is 27.9 Å². The molecule has 2 saturated carbocycles. The maximum absolute atomic E-state index is 15.1. The first-order valence-corrected chi connectivity index (χ1v) is 13.7. The molecule has 39 heavy (non-hydrogen) atoms. The van der Waals surface area contributed by atoms with E-state index < -0.39 is 35.5 Å². The quantitative estimate of drug-likeness (QED) is 0.403. The van der Waals surface area contributed by atoms with Crippen LogP contribution in [0.25, 0.3) is 5.69 Å². The van der Waals surface area contributed by atoms with Crippen LogP contribution in [0, 0.1) is 35.2 Å². The first kappa shape index (κ1) is 25.6. The second-order valence-electron chi connectivity index (χ2n) is 11.2. The SMILES string of the molecule is O=C(N[C@H]1C2CCC(C2)[C@H]1C(=O)O)c1nn(-c2ccc(F)cc2F)c2c1CCCCC2Cc1ccc(F)cc1. The van der Waals surface area contributed by atoms with Crippen LogP contribution in [0.3, 0.4) is 0 Å². The van der Waals surface area contributed by atoms with Crippen LogP contribution < -0.4 is 5.32 Å². The van der Waals surface area contributed by atoms with Gasteiger partial charge in [-0.05, 0) is 86.6 Å². The van der Waals surface area contributed by atoms with E-state index in [1.807, 2.05) is 0 Å². The van der Waals surface area contributed by atoms with Gasteiger partial charge in [0.05, 0.1) is 11.6 Å². The minimum absolute atomic E-state index is 0.0426. The third kappa shape index (κ3) is 4.72. The van der Waals surface area contributed by atoms with E-state index in [9.17, 15) is 23.5 Å². The highest BCUT2D eigenvalue weighted by atomic mass is 19.1. The van der Waals surface area contributed by atoms with E-state index in [1.54, 1.807) is 12.1 Å². The van der Waals surface area contributed by atoms with Crippen LogP contribution in [0.4, 0.5) is 13.2 Å². The summed E-state index contributed by atoms with van der Waals surface area (Å²) in [7, 11) is 0. The highest BCUT2D eigenvalue weighted by Crippen LogP contribution is 2.49. The van der Waals surface area contributed by atoms with Crippen LogP contribution in [-0.2, 0) is 17.6 Å². The molecule has 9 heteroatoms. The number of hydrogen-bond acceptors (Lipinski definition) is 3. The Labute approximate surface area is 224 Å². The molecule has 2 bridgehead atoms. The minimum atomic E-state index is -0.899. The van der Waals surface area contributed by atoms with Gasteiger partial charge in [-0.2, -0.15) is 5.10 Å². The van der Waals surface area contributed by atoms with Crippen LogP contribution in [0.15, 0.2) is 42.5 Å². The van der Waals surface area contributed by atoms with Crippen LogP contribution >= 0.6 is 0 Å². The number of nitrogens with zero attached hydrogens (tertiary/aromatic N) is 2. The van der Waals surface area contributed by atoms with Crippen molar-refractivity contribution in [2.75, 3.05) is 0 Å². The zero-order valence-electron chi connectivity index (χ0n) is 21.4. The summed E-state index contributed by atoms with van der Waals surface area (Å²) in [6.45, 7) is 0. The Morgan fingerprint density at radius 3 is 2.46 bits per heavy atom. The average molecular weight is 538 g/mol. The maximum atomic E-state index is 15.1. The van der Waals surface area contributed by atoms with Gasteiger partial charge in [0.2, 0.25) is 0 Å². The third-order valence-electron chi connectivity index (χ3n) is 8.89. The molecule has 1 aromatic heterocycles. The van der Waals surface area contributed by atoms with Gasteiger partial charge in [-0.1, -0.05) is 18.6 Å². The van der Waals surface area contributed by atoms with Crippen LogP contribution in [0.2, 0.25) is 0 Å². The minimum Gasteiger partial charge on any atom is -0.481 e. The number of carboxylic acid groups (broad SMARTS) is 1. The zero-order valence-corrected chi connectivity index (χ0v) is 21.4. The lowest BCUT2D eigenvalue weighted by atomic mass is 9.84. The number of halogens is 3. The molecule has 2 aromatic carbocycles. The van der Waals surface area contributed by atoms with Gasteiger partial charge < -0.3 is 10.4 Å². The normalized spacial score (nSPS) is 25.8. The maximum Gasteiger partial charge on any atom is 0.308 e. The number of carbonyl (C=O) groups is 2. The molecule has 1 heterocycles. The smallest absolute Gasteiger partial charge is 0.308 e. The van der Waals surface area contributed by atoms with Gasteiger partial charge >= 0.3 is 5.97 Å². The summed E-state index contributed by atoms with van der Waals surface area (Å²) in [5.74, 6) is -3.80. The summed E-state index contributed by atoms with van der Waals surface area (Å²) >= 11 is 0. The molecule has 3 aliphatic carbocycles. The number of rotatable bonds is 6. The van der Waals surface area contributed by atoms with Crippen LogP contribution in [-0.4, -0.2) is 32.8 Å². The number of fused-ring (bicyclic) bond motifs is 3. The number of benzene rings is 2. The molecular weight excluding hydrogens is 507 g/mol. The lowest BCUT2D eigenvalue weighted by Gasteiger charge is -2.28. The Kier molecular flexibility index (Phi) is 6.69. The molecule has 6 nitrogen and oxygen atoms in total. The number of nitrogens with one attached hydrogen (secondary N) is 1. The Morgan fingerprint density at radius 1 is 0.974 bits per heavy atom. The summed E-state index contributed by atoms with van der Waals surface area (Å²) in [4.78, 5) is 25.8. The number of carbonyl (C=O) groups excluding carboxylic acids is 1. The van der Waals surface area contributed by atoms with Crippen molar-refractivity contribution in [1.29, 1.82) is 0 Å². The van der Waals surface area contributed by atoms with Gasteiger partial charge in [-0.25, -0.2) is 17.9 Å². The summed E-state index contributed by atoms with van der Waals surface area (Å²) in [6.07, 6.45) is 6.05. The standard InChI is InChI=1S/C30H30F3N3O3/c31-20-9-5-16(6-10-20)13-19-3-1-2-4-22-27(35-36(28(19)22)24-12-11-21(32)15-23(24)33)29(37)34-26-18-8-7-17(14-18)25(26)30(38)39/h5-6,9-12,15,17-19,25-26H,1-4,7-8,13-14H2,(H,34,37)(H,38,39)/t17?,18?,19?,25-,26+/m1/s1. The molecule has 3 aliphatic rings. The number of amides is 1. The topological polar surface area (TPSA) is 84.2 Å². The predicted octanol–water partition coefficient (Wildman–Crippen LogP) is 5.57. The van der Waals surface area contributed by atoms with Gasteiger partial charge in [-0.15, -0.1) is 0 Å². The second kappa shape index (κ2) is 10.2. The molecule has 0 aliphatic heterocycles. The summed E-state index contributed by atoms with van der Waals surface area (Å²) in [5, 5.41) is 17.5. The summed E-state index contributed by atoms with van der Waals surface area (Å²) < 4.78 is 43.8. The predicted molar refractivity (Wildman–Crippen MR) is 137 cm³/mol. The fourth-order valence-corrected chi connectivity index (χ4v) is 7.16. The van der Waals surface area contributed by atoms with E-state index in [0.29, 0.717) is 24.1 Å². The molecule has 1 amide bonds. The molecule has 0 saturated heterocycles. The largest absolute Gasteiger partial charge is 0.481 e. The third-order valence-corrected chi connectivity index (χ3v) is 8.89. The Balaban J connectivity index is 1.42. The fraction of sp³-hybridized carbons (Fsp3) is 0.433. The number of aliphatic carboxylic acids is 1. The lowest BCUT2D eigenvalue weighted by molar-refractivity contribution is -0.144. The average Bonchev–Trinajstić information content (AvgIpc) is 3.57. The van der Waals surface area contributed by atoms with E-state index >= 15 is 4.39 Å². The monoisotopic (exact) mass is 537 g/mol. The van der Waals surface area contributed by atoms with E-state index in [0.717, 1.165) is 56.2 Å². The van der Waals surface area contributed by atoms with Gasteiger partial charge in [0.25, 0.3) is 5.91 Å². The van der Waals surface area contributed by atoms with Gasteiger partial charge in [0.15, 0.2) is 11.5 Å². The molecule has 5 atom stereocenters. The molecule has 6 rings (SSSR count). The summed E-state index contributed by atoms with van der Waals surface area (Å²) in [5.41, 5.74) is 2.50. The molecule has 2 N–H and O–H groups in total. The van der Waals surface area contributed by atoms with Crippen LogP contribution in [0.5, 0.6) is 0 Å². The van der Waals surface area contributed by atoms with Crippen molar-refractivity contribution in [3.8, 4) is 5.69 Å². The van der Waals surface area contributed by atoms with Gasteiger partial charge in [-0.3, -0.25) is 9.59 Å². The molecule has 0 radical (unpaired) electrons. The van der Waals surface area contributed by atoms with Crippen molar-refractivity contribution in [1.82, 2.24) is 15.1 Å². The van der Waals surface area contributed by atoms with E-state index in [-0.39, 0.29) is 35.0 Å². The highest BCUT2D eigenvalue weighted by Gasteiger charge is 2.52. The Bertz CT molecular complexity index is 1420. The van der Waals surface area contributed by atoms with Crippen molar-refractivity contribution in [3.05, 3.63) is 82.4 Å². The molecule has 3 unspecified atom stereocenters. The number of carboxylic acids is 1. The lowest BCUT2D eigenvalue weighted by Crippen LogP contribution is -2.47. The van der Waals surface area contributed by atoms with Crippen LogP contribution in [0.1, 0.15) is 71.8 Å². The van der Waals surface area contributed by atoms with E-state index in [1.165, 1.54) is 22.9 Å². The second-order valence-corrected chi connectivity index (χ2v) is 11.2. The van der Waals surface area contributed by atoms with Crippen molar-refractivity contribution in [2.24, 2.45) is 17.8 Å². The molecule has 204 valence electrons. The molecular formula is C30H30F3N3O3. The van der Waals surface area contributed by atoms with E-state index in [4.69, 9.17) is 0 Å². The van der Waals surface area contributed by atoms with Gasteiger partial charge in [0.1, 0.15) is 17.3 Å². The first-order valence-electron chi connectivity index (χ1n) is 13.7. The van der Waals surface area contributed by atoms with Crippen molar-refractivity contribution in [2.45, 2.75) is 63.3 Å². The summed E-state index contributed by atoms with van der Waals surface area (Å²) in [6, 6.07) is 9.02. The Hall–Kier alpha value is -3.62. The van der Waals surface area contributed by atoms with E-state index in [2.05, 4.69) is 10.4 Å². The number of aromatic nitrogens is 2.